The second-order valence-electron chi connectivity index (χ2n) is 17.3. The lowest BCUT2D eigenvalue weighted by atomic mass is 9.77. The fraction of sp³-hybridized carbons (Fsp3) is 0.973. The number of aliphatic hydroxyl groups excluding tert-OH is 3. The summed E-state index contributed by atoms with van der Waals surface area (Å²) in [6, 6.07) is -1.03. The second kappa shape index (κ2) is 15.6. The van der Waals surface area contributed by atoms with Crippen molar-refractivity contribution in [3.63, 3.8) is 0 Å². The van der Waals surface area contributed by atoms with E-state index in [1.807, 2.05) is 13.8 Å². The molecule has 1 aliphatic carbocycles. The van der Waals surface area contributed by atoms with Crippen molar-refractivity contribution in [2.45, 2.75) is 179 Å². The molecule has 0 aromatic rings. The van der Waals surface area contributed by atoms with Gasteiger partial charge in [0.1, 0.15) is 36.1 Å². The summed E-state index contributed by atoms with van der Waals surface area (Å²) in [6.45, 7) is 16.8. The number of nitrogens with zero attached hydrogens (tertiary/aromatic N) is 1. The van der Waals surface area contributed by atoms with Crippen LogP contribution in [0.1, 0.15) is 94.9 Å². The van der Waals surface area contributed by atoms with Crippen molar-refractivity contribution in [2.75, 3.05) is 20.7 Å². The third-order valence-electron chi connectivity index (χ3n) is 12.7. The first kappa shape index (κ1) is 42.7. The molecule has 3 saturated heterocycles. The Labute approximate surface area is 303 Å². The molecule has 0 aromatic heterocycles. The molecule has 0 bridgehead atoms. The number of likely N-dealkylation sites (N-methyl/N-ethyl adjacent to an activating group) is 1. The Kier molecular flexibility index (Phi) is 13.1. The summed E-state index contributed by atoms with van der Waals surface area (Å²) in [5.41, 5.74) is -4.68. The van der Waals surface area contributed by atoms with E-state index in [1.165, 1.54) is 21.1 Å². The molecule has 1 saturated carbocycles. The van der Waals surface area contributed by atoms with Crippen molar-refractivity contribution in [3.05, 3.63) is 5.21 Å². The molecule has 14 heteroatoms. The molecule has 4 aliphatic rings. The van der Waals surface area contributed by atoms with Gasteiger partial charge in [-0.15, -0.1) is 0 Å². The zero-order valence-corrected chi connectivity index (χ0v) is 32.7. The predicted octanol–water partition coefficient (Wildman–Crippen LogP) is 2.23. The van der Waals surface area contributed by atoms with Crippen LogP contribution in [0.4, 0.5) is 0 Å². The maximum absolute atomic E-state index is 14.1. The first-order valence-electron chi connectivity index (χ1n) is 18.8. The van der Waals surface area contributed by atoms with Crippen LogP contribution < -0.4 is 0 Å². The predicted molar refractivity (Wildman–Crippen MR) is 185 cm³/mol. The van der Waals surface area contributed by atoms with Crippen molar-refractivity contribution in [2.24, 2.45) is 29.6 Å². The molecule has 5 N–H and O–H groups in total. The van der Waals surface area contributed by atoms with Gasteiger partial charge < -0.3 is 63.8 Å². The molecule has 3 heterocycles. The topological polar surface area (TPSA) is 197 Å². The Morgan fingerprint density at radius 1 is 0.922 bits per heavy atom. The maximum atomic E-state index is 14.1. The fourth-order valence-corrected chi connectivity index (χ4v) is 9.14. The van der Waals surface area contributed by atoms with Gasteiger partial charge in [-0.25, -0.2) is 0 Å². The number of quaternary nitrogens is 1. The smallest absolute Gasteiger partial charge is 0.311 e. The minimum atomic E-state index is -1.99. The number of carbonyl (C=O) groups is 1. The van der Waals surface area contributed by atoms with Gasteiger partial charge in [0.2, 0.25) is 0 Å². The number of hydrogen-bond donors (Lipinski definition) is 5. The Morgan fingerprint density at radius 3 is 2.14 bits per heavy atom. The Balaban J connectivity index is 1.81. The summed E-state index contributed by atoms with van der Waals surface area (Å²) in [7, 11) is 2.91. The number of hydrogen-bond acceptors (Lipinski definition) is 13. The van der Waals surface area contributed by atoms with Crippen LogP contribution in [0.15, 0.2) is 0 Å². The Morgan fingerprint density at radius 2 is 1.55 bits per heavy atom. The van der Waals surface area contributed by atoms with Crippen LogP contribution in [0.5, 0.6) is 0 Å². The number of cyclic esters (lactones) is 1. The molecule has 51 heavy (non-hydrogen) atoms. The van der Waals surface area contributed by atoms with Crippen LogP contribution in [0.3, 0.4) is 0 Å². The van der Waals surface area contributed by atoms with Crippen LogP contribution in [-0.2, 0) is 33.2 Å². The first-order chi connectivity index (χ1) is 23.4. The monoisotopic (exact) mass is 733 g/mol. The molecule has 0 amide bonds. The maximum Gasteiger partial charge on any atom is 0.311 e. The van der Waals surface area contributed by atoms with E-state index in [9.17, 15) is 35.5 Å². The van der Waals surface area contributed by atoms with Crippen LogP contribution in [0, 0.1) is 34.8 Å². The summed E-state index contributed by atoms with van der Waals surface area (Å²) in [5, 5.41) is 71.7. The summed E-state index contributed by atoms with van der Waals surface area (Å²) in [4.78, 5) is 14.1. The third kappa shape index (κ3) is 8.78. The number of rotatable bonds is 6. The quantitative estimate of drug-likeness (QED) is 0.152. The number of methoxy groups -OCH3 is 1. The molecule has 298 valence electrons. The van der Waals surface area contributed by atoms with E-state index in [1.54, 1.807) is 48.5 Å². The highest BCUT2D eigenvalue weighted by atomic mass is 16.7. The van der Waals surface area contributed by atoms with Gasteiger partial charge in [0.25, 0.3) is 0 Å². The summed E-state index contributed by atoms with van der Waals surface area (Å²) in [5.74, 6) is -2.78. The zero-order valence-electron chi connectivity index (χ0n) is 32.7. The van der Waals surface area contributed by atoms with E-state index in [0.717, 1.165) is 6.42 Å². The standard InChI is InChI=1S/C37H67NO13/c1-13-26-37(10,44)30(40)21(5)38(11,45)17-18(2)15-35(8,43)32(51-34-28(39)25-14-24(25)22(6)48-34)19(3)29(20(4)33(42)49-26)50-27-16-36(9,46-12)31(41)23(7)47-27/h18-32,34,39-41,43-44H,13-17H2,1-12H3/t18-,19+,20-,21-,22-,23+,24?,25?,26-,27+,28-,29+,30-,31+,32-,34+,35-,36-,37-,38?/m1/s1. The largest absolute Gasteiger partial charge is 0.633 e. The van der Waals surface area contributed by atoms with E-state index in [-0.39, 0.29) is 43.7 Å². The van der Waals surface area contributed by atoms with Crippen molar-refractivity contribution in [1.82, 2.24) is 0 Å². The van der Waals surface area contributed by atoms with Crippen LogP contribution >= 0.6 is 0 Å². The number of esters is 1. The van der Waals surface area contributed by atoms with E-state index in [0.29, 0.717) is 0 Å². The van der Waals surface area contributed by atoms with Crippen molar-refractivity contribution in [1.29, 1.82) is 0 Å². The minimum Gasteiger partial charge on any atom is -0.633 e. The van der Waals surface area contributed by atoms with Crippen molar-refractivity contribution < 1.29 is 63.4 Å². The molecule has 0 aromatic carbocycles. The van der Waals surface area contributed by atoms with Gasteiger partial charge in [-0.05, 0) is 79.6 Å². The molecular formula is C37H67NO13. The average Bonchev–Trinajstić information content (AvgIpc) is 3.85. The molecule has 20 atom stereocenters. The summed E-state index contributed by atoms with van der Waals surface area (Å²) < 4.78 is 36.3. The van der Waals surface area contributed by atoms with Gasteiger partial charge in [0, 0.05) is 25.4 Å². The molecule has 4 fully saturated rings. The Hall–Kier alpha value is -1.01. The second-order valence-corrected chi connectivity index (χ2v) is 17.3. The number of hydroxylamine groups is 3. The molecule has 0 spiro atoms. The highest BCUT2D eigenvalue weighted by molar-refractivity contribution is 5.73. The van der Waals surface area contributed by atoms with E-state index in [2.05, 4.69) is 0 Å². The average molecular weight is 734 g/mol. The third-order valence-corrected chi connectivity index (χ3v) is 12.7. The minimum absolute atomic E-state index is 0.00145. The van der Waals surface area contributed by atoms with E-state index >= 15 is 0 Å². The fourth-order valence-electron chi connectivity index (χ4n) is 9.14. The first-order valence-corrected chi connectivity index (χ1v) is 18.8. The summed E-state index contributed by atoms with van der Waals surface area (Å²) >= 11 is 0. The van der Waals surface area contributed by atoms with Gasteiger partial charge >= 0.3 is 5.97 Å². The van der Waals surface area contributed by atoms with Crippen molar-refractivity contribution >= 4 is 5.97 Å². The number of fused-ring (bicyclic) bond motifs is 1. The highest BCUT2D eigenvalue weighted by Gasteiger charge is 2.57. The Bertz CT molecular complexity index is 1190. The SMILES string of the molecule is CC[C@H]1OC(=O)[C@H](C)[C@@H](O[C@H]2C[C@@](C)(OC)[C@@H](O)[C@H](C)O2)[C@H](C)[C@@H](O[C@@H]2O[C@H](C)C3CC3[C@H]2O)[C@](C)(O)C[C@@H](C)C[N+](C)([O-])[C@H](C)[C@@H](O)[C@]1(C)O. The number of aliphatic hydroxyl groups is 5. The normalized spacial score (nSPS) is 54.8. The van der Waals surface area contributed by atoms with Gasteiger partial charge in [0.05, 0.1) is 55.1 Å². The lowest BCUT2D eigenvalue weighted by molar-refractivity contribution is -0.892. The van der Waals surface area contributed by atoms with Gasteiger partial charge in [-0.3, -0.25) is 4.79 Å². The van der Waals surface area contributed by atoms with Gasteiger partial charge in [0.15, 0.2) is 12.6 Å². The molecule has 4 rings (SSSR count). The number of ether oxygens (including phenoxy) is 6. The van der Waals surface area contributed by atoms with Crippen LogP contribution in [-0.4, -0.2) is 141 Å². The van der Waals surface area contributed by atoms with E-state index in [4.69, 9.17) is 28.4 Å². The van der Waals surface area contributed by atoms with E-state index < -0.39 is 107 Å². The zero-order chi connectivity index (χ0) is 38.6. The molecule has 3 unspecified atom stereocenters. The number of carbonyl (C=O) groups excluding carboxylic acids is 1. The van der Waals surface area contributed by atoms with Crippen LogP contribution in [0.2, 0.25) is 0 Å². The molecule has 3 aliphatic heterocycles. The van der Waals surface area contributed by atoms with Crippen LogP contribution in [0.25, 0.3) is 0 Å². The lowest BCUT2D eigenvalue weighted by Crippen LogP contribution is -2.63. The van der Waals surface area contributed by atoms with Gasteiger partial charge in [-0.1, -0.05) is 20.8 Å². The molecule has 0 radical (unpaired) electrons. The lowest BCUT2D eigenvalue weighted by Gasteiger charge is -2.51. The molecule has 14 nitrogen and oxygen atoms in total. The molecular weight excluding hydrogens is 666 g/mol. The highest BCUT2D eigenvalue weighted by Crippen LogP contribution is 2.51. The van der Waals surface area contributed by atoms with Gasteiger partial charge in [-0.2, -0.15) is 0 Å². The van der Waals surface area contributed by atoms with Crippen molar-refractivity contribution in [3.8, 4) is 0 Å². The summed E-state index contributed by atoms with van der Waals surface area (Å²) in [6.07, 6.45) is -8.59.